The van der Waals surface area contributed by atoms with Gasteiger partial charge in [0.25, 0.3) is 5.91 Å². The minimum atomic E-state index is -4.46. The van der Waals surface area contributed by atoms with Crippen LogP contribution in [0.25, 0.3) is 11.4 Å². The van der Waals surface area contributed by atoms with E-state index in [1.54, 1.807) is 0 Å². The van der Waals surface area contributed by atoms with Crippen LogP contribution >= 0.6 is 0 Å². The summed E-state index contributed by atoms with van der Waals surface area (Å²) in [6.07, 6.45) is -4.46. The molecule has 0 atom stereocenters. The lowest BCUT2D eigenvalue weighted by molar-refractivity contribution is -0.137. The molecular formula is C17H11F5N4O2. The lowest BCUT2D eigenvalue weighted by Crippen LogP contribution is -2.14. The maximum atomic E-state index is 13.8. The first-order chi connectivity index (χ1) is 13.1. The molecule has 0 unspecified atom stereocenters. The number of amides is 1. The molecule has 0 saturated carbocycles. The third kappa shape index (κ3) is 4.08. The number of nitrogens with two attached hydrogens (primary N) is 1. The van der Waals surface area contributed by atoms with Gasteiger partial charge in [0.15, 0.2) is 0 Å². The summed E-state index contributed by atoms with van der Waals surface area (Å²) in [5.41, 5.74) is 3.75. The van der Waals surface area contributed by atoms with Crippen LogP contribution in [0.15, 0.2) is 40.9 Å². The molecule has 0 radical (unpaired) electrons. The summed E-state index contributed by atoms with van der Waals surface area (Å²) in [7, 11) is 0. The van der Waals surface area contributed by atoms with Gasteiger partial charge in [-0.1, -0.05) is 17.3 Å². The van der Waals surface area contributed by atoms with Gasteiger partial charge in [0.2, 0.25) is 11.7 Å². The van der Waals surface area contributed by atoms with E-state index in [0.29, 0.717) is 6.07 Å². The van der Waals surface area contributed by atoms with Gasteiger partial charge in [0.1, 0.15) is 11.6 Å². The van der Waals surface area contributed by atoms with E-state index >= 15 is 0 Å². The number of hydrogen-bond acceptors (Lipinski definition) is 5. The average Bonchev–Trinajstić information content (AvgIpc) is 3.09. The number of hydrogen-bond donors (Lipinski definition) is 2. The molecule has 0 aliphatic carbocycles. The Morgan fingerprint density at radius 1 is 1.11 bits per heavy atom. The standard InChI is InChI=1S/C17H11F5N4O2/c18-11-6-12(19)13(5-10(11)15(23)27)24-7-14-25-16(26-28-14)8-1-3-9(4-2-8)17(20,21)22/h1-6,24H,7H2,(H2,23,27). The molecule has 0 spiro atoms. The molecule has 0 saturated heterocycles. The second-order valence-corrected chi connectivity index (χ2v) is 5.62. The zero-order chi connectivity index (χ0) is 20.5. The summed E-state index contributed by atoms with van der Waals surface area (Å²) in [5.74, 6) is -3.12. The van der Waals surface area contributed by atoms with Gasteiger partial charge >= 0.3 is 6.18 Å². The monoisotopic (exact) mass is 398 g/mol. The van der Waals surface area contributed by atoms with E-state index < -0.39 is 34.8 Å². The number of carbonyl (C=O) groups is 1. The molecule has 1 amide bonds. The highest BCUT2D eigenvalue weighted by Gasteiger charge is 2.30. The fourth-order valence-electron chi connectivity index (χ4n) is 2.30. The van der Waals surface area contributed by atoms with E-state index in [2.05, 4.69) is 15.5 Å². The Hall–Kier alpha value is -3.50. The predicted octanol–water partition coefficient (Wildman–Crippen LogP) is 3.74. The van der Waals surface area contributed by atoms with Crippen LogP contribution in [-0.2, 0) is 12.7 Å². The predicted molar refractivity (Wildman–Crippen MR) is 86.9 cm³/mol. The number of aromatic nitrogens is 2. The van der Waals surface area contributed by atoms with Crippen molar-refractivity contribution in [3.05, 3.63) is 65.1 Å². The van der Waals surface area contributed by atoms with Gasteiger partial charge in [0, 0.05) is 11.6 Å². The molecule has 3 aromatic rings. The third-order valence-corrected chi connectivity index (χ3v) is 3.69. The second kappa shape index (κ2) is 7.25. The minimum absolute atomic E-state index is 0.0146. The van der Waals surface area contributed by atoms with Crippen LogP contribution in [0.5, 0.6) is 0 Å². The maximum Gasteiger partial charge on any atom is 0.416 e. The van der Waals surface area contributed by atoms with Crippen molar-refractivity contribution < 1.29 is 31.3 Å². The molecular weight excluding hydrogens is 387 g/mol. The van der Waals surface area contributed by atoms with Crippen molar-refractivity contribution in [2.45, 2.75) is 12.7 Å². The van der Waals surface area contributed by atoms with Gasteiger partial charge in [0.05, 0.1) is 23.4 Å². The van der Waals surface area contributed by atoms with Crippen molar-refractivity contribution in [3.63, 3.8) is 0 Å². The Morgan fingerprint density at radius 2 is 1.79 bits per heavy atom. The number of nitrogens with one attached hydrogen (secondary N) is 1. The fourth-order valence-corrected chi connectivity index (χ4v) is 2.30. The van der Waals surface area contributed by atoms with Crippen molar-refractivity contribution >= 4 is 11.6 Å². The Balaban J connectivity index is 1.74. The lowest BCUT2D eigenvalue weighted by atomic mass is 10.1. The number of anilines is 1. The van der Waals surface area contributed by atoms with Crippen LogP contribution in [-0.4, -0.2) is 16.0 Å². The Kier molecular flexibility index (Phi) is 4.99. The quantitative estimate of drug-likeness (QED) is 0.639. The first-order valence-electron chi connectivity index (χ1n) is 7.68. The van der Waals surface area contributed by atoms with E-state index in [1.807, 2.05) is 0 Å². The lowest BCUT2D eigenvalue weighted by Gasteiger charge is -2.07. The highest BCUT2D eigenvalue weighted by Crippen LogP contribution is 2.30. The topological polar surface area (TPSA) is 94.0 Å². The largest absolute Gasteiger partial charge is 0.416 e. The normalized spacial score (nSPS) is 11.5. The number of rotatable bonds is 5. The van der Waals surface area contributed by atoms with Gasteiger partial charge in [-0.05, 0) is 18.2 Å². The highest BCUT2D eigenvalue weighted by molar-refractivity contribution is 5.94. The number of halogens is 5. The van der Waals surface area contributed by atoms with Gasteiger partial charge in [-0.3, -0.25) is 4.79 Å². The summed E-state index contributed by atoms with van der Waals surface area (Å²) in [4.78, 5) is 15.1. The van der Waals surface area contributed by atoms with Crippen LogP contribution < -0.4 is 11.1 Å². The van der Waals surface area contributed by atoms with E-state index in [-0.39, 0.29) is 29.5 Å². The first-order valence-corrected chi connectivity index (χ1v) is 7.68. The number of benzene rings is 2. The molecule has 2 aromatic carbocycles. The molecule has 28 heavy (non-hydrogen) atoms. The van der Waals surface area contributed by atoms with Gasteiger partial charge in [-0.25, -0.2) is 8.78 Å². The molecule has 6 nitrogen and oxygen atoms in total. The molecule has 146 valence electrons. The second-order valence-electron chi connectivity index (χ2n) is 5.62. The molecule has 1 heterocycles. The number of primary amides is 1. The molecule has 0 aliphatic heterocycles. The molecule has 0 fully saturated rings. The molecule has 0 bridgehead atoms. The van der Waals surface area contributed by atoms with Crippen molar-refractivity contribution in [2.75, 3.05) is 5.32 Å². The van der Waals surface area contributed by atoms with Gasteiger partial charge in [-0.15, -0.1) is 0 Å². The number of alkyl halides is 3. The number of carbonyl (C=O) groups excluding carboxylic acids is 1. The molecule has 0 aliphatic rings. The van der Waals surface area contributed by atoms with Crippen LogP contribution in [0.4, 0.5) is 27.6 Å². The maximum absolute atomic E-state index is 13.8. The Labute approximate surface area is 154 Å². The molecule has 1 aromatic heterocycles. The van der Waals surface area contributed by atoms with Gasteiger partial charge in [-0.2, -0.15) is 18.2 Å². The SMILES string of the molecule is NC(=O)c1cc(NCc2nc(-c3ccc(C(F)(F)F)cc3)no2)c(F)cc1F. The van der Waals surface area contributed by atoms with Gasteiger partial charge < -0.3 is 15.6 Å². The smallest absolute Gasteiger partial charge is 0.374 e. The van der Waals surface area contributed by atoms with E-state index in [1.165, 1.54) is 12.1 Å². The summed E-state index contributed by atoms with van der Waals surface area (Å²) >= 11 is 0. The zero-order valence-corrected chi connectivity index (χ0v) is 13.8. The third-order valence-electron chi connectivity index (χ3n) is 3.69. The molecule has 11 heteroatoms. The summed E-state index contributed by atoms with van der Waals surface area (Å²) in [5, 5.41) is 6.19. The number of nitrogens with zero attached hydrogens (tertiary/aromatic N) is 2. The Bertz CT molecular complexity index is 1020. The van der Waals surface area contributed by atoms with E-state index in [4.69, 9.17) is 10.3 Å². The summed E-state index contributed by atoms with van der Waals surface area (Å²) in [6.45, 7) is -0.186. The van der Waals surface area contributed by atoms with Crippen molar-refractivity contribution in [3.8, 4) is 11.4 Å². The van der Waals surface area contributed by atoms with Crippen LogP contribution in [0, 0.1) is 11.6 Å². The molecule has 3 rings (SSSR count). The summed E-state index contributed by atoms with van der Waals surface area (Å²) in [6, 6.07) is 5.53. The Morgan fingerprint density at radius 3 is 2.39 bits per heavy atom. The van der Waals surface area contributed by atoms with E-state index in [0.717, 1.165) is 18.2 Å². The molecule has 3 N–H and O–H groups in total. The van der Waals surface area contributed by atoms with Crippen LogP contribution in [0.1, 0.15) is 21.8 Å². The highest BCUT2D eigenvalue weighted by atomic mass is 19.4. The first kappa shape index (κ1) is 19.3. The van der Waals surface area contributed by atoms with Crippen molar-refractivity contribution in [1.82, 2.24) is 10.1 Å². The summed E-state index contributed by atoms with van der Waals surface area (Å²) < 4.78 is 69.9. The van der Waals surface area contributed by atoms with Crippen LogP contribution in [0.3, 0.4) is 0 Å². The minimum Gasteiger partial charge on any atom is -0.374 e. The zero-order valence-electron chi connectivity index (χ0n) is 13.8. The van der Waals surface area contributed by atoms with E-state index in [9.17, 15) is 26.7 Å². The average molecular weight is 398 g/mol. The fraction of sp³-hybridized carbons (Fsp3) is 0.118. The van der Waals surface area contributed by atoms with Crippen molar-refractivity contribution in [1.29, 1.82) is 0 Å². The van der Waals surface area contributed by atoms with Crippen molar-refractivity contribution in [2.24, 2.45) is 5.73 Å². The van der Waals surface area contributed by atoms with Crippen LogP contribution in [0.2, 0.25) is 0 Å².